The average molecular weight is 119 g/mol. The van der Waals surface area contributed by atoms with E-state index in [0.717, 1.165) is 0 Å². The van der Waals surface area contributed by atoms with Crippen molar-refractivity contribution in [3.05, 3.63) is 29.8 Å². The van der Waals surface area contributed by atoms with Crippen molar-refractivity contribution < 1.29 is 4.79 Å². The number of hydrogen-bond acceptors (Lipinski definition) is 1. The van der Waals surface area contributed by atoms with E-state index in [-0.39, 0.29) is 5.71 Å². The van der Waals surface area contributed by atoms with Crippen molar-refractivity contribution in [2.24, 2.45) is 0 Å². The highest BCUT2D eigenvalue weighted by molar-refractivity contribution is 6.47. The Morgan fingerprint density at radius 3 is 2.44 bits per heavy atom. The normalized spacial score (nSPS) is 16.0. The third-order valence-corrected chi connectivity index (χ3v) is 1.01. The van der Waals surface area contributed by atoms with Gasteiger partial charge in [-0.15, -0.1) is 0 Å². The largest absolute Gasteiger partial charge is 0.361 e. The molecule has 44 valence electrons. The van der Waals surface area contributed by atoms with E-state index < -0.39 is 0 Å². The molecule has 0 atom stereocenters. The van der Waals surface area contributed by atoms with E-state index in [1.165, 1.54) is 0 Å². The Bertz CT molecular complexity index is 241. The zero-order valence-electron chi connectivity index (χ0n) is 4.70. The molecule has 3 heteroatoms. The summed E-state index contributed by atoms with van der Waals surface area (Å²) in [4.78, 5) is 2.88. The van der Waals surface area contributed by atoms with Crippen LogP contribution in [0.25, 0.3) is 5.53 Å². The molecular formula is C6H5N3. The molecule has 1 aliphatic carbocycles. The molecule has 0 radical (unpaired) electrons. The highest BCUT2D eigenvalue weighted by Gasteiger charge is 2.09. The van der Waals surface area contributed by atoms with Gasteiger partial charge in [0.05, 0.1) is 0 Å². The molecule has 0 saturated carbocycles. The number of allylic oxidation sites excluding steroid dienone is 4. The monoisotopic (exact) mass is 119 g/mol. The van der Waals surface area contributed by atoms with Crippen LogP contribution in [0.3, 0.4) is 0 Å². The van der Waals surface area contributed by atoms with E-state index in [4.69, 9.17) is 10.9 Å². The van der Waals surface area contributed by atoms with Gasteiger partial charge in [-0.2, -0.15) is 4.79 Å². The van der Waals surface area contributed by atoms with Gasteiger partial charge in [-0.3, -0.25) is 5.41 Å². The zero-order chi connectivity index (χ0) is 6.69. The van der Waals surface area contributed by atoms with E-state index in [1.54, 1.807) is 24.3 Å². The average Bonchev–Trinajstić information content (AvgIpc) is 1.89. The summed E-state index contributed by atoms with van der Waals surface area (Å²) >= 11 is 0. The molecule has 1 N–H and O–H groups in total. The van der Waals surface area contributed by atoms with Gasteiger partial charge in [0.1, 0.15) is 5.71 Å². The maximum atomic E-state index is 8.22. The SMILES string of the molecule is [N-]=[N+]=C1C=CC=CC1=N. The molecule has 0 saturated heterocycles. The van der Waals surface area contributed by atoms with E-state index in [2.05, 4.69) is 4.79 Å². The van der Waals surface area contributed by atoms with E-state index in [1.807, 2.05) is 0 Å². The number of rotatable bonds is 0. The Balaban J connectivity index is 3.04. The molecule has 0 aromatic rings. The number of nitrogens with one attached hydrogen (secondary N) is 1. The quantitative estimate of drug-likeness (QED) is 0.278. The molecule has 0 aromatic heterocycles. The summed E-state index contributed by atoms with van der Waals surface area (Å²) in [6.07, 6.45) is 6.57. The van der Waals surface area contributed by atoms with Crippen LogP contribution in [0.5, 0.6) is 0 Å². The fourth-order valence-electron chi connectivity index (χ4n) is 0.561. The molecule has 0 unspecified atom stereocenters. The van der Waals surface area contributed by atoms with E-state index >= 15 is 0 Å². The zero-order valence-corrected chi connectivity index (χ0v) is 4.70. The van der Waals surface area contributed by atoms with Gasteiger partial charge in [0.25, 0.3) is 0 Å². The molecule has 1 aliphatic rings. The van der Waals surface area contributed by atoms with Crippen molar-refractivity contribution in [1.29, 1.82) is 5.41 Å². The van der Waals surface area contributed by atoms with Gasteiger partial charge in [0.15, 0.2) is 0 Å². The highest BCUT2D eigenvalue weighted by atomic mass is 14.9. The molecule has 0 aliphatic heterocycles. The second-order valence-corrected chi connectivity index (χ2v) is 1.62. The molecule has 0 fully saturated rings. The first kappa shape index (κ1) is 5.66. The molecule has 0 heterocycles. The van der Waals surface area contributed by atoms with E-state index in [9.17, 15) is 0 Å². The van der Waals surface area contributed by atoms with Gasteiger partial charge in [-0.25, -0.2) is 0 Å². The lowest BCUT2D eigenvalue weighted by atomic mass is 10.1. The Morgan fingerprint density at radius 2 is 2.00 bits per heavy atom. The van der Waals surface area contributed by atoms with Crippen LogP contribution in [-0.2, 0) is 0 Å². The van der Waals surface area contributed by atoms with Crippen LogP contribution in [0, 0.1) is 5.41 Å². The fourth-order valence-corrected chi connectivity index (χ4v) is 0.561. The standard InChI is InChI=1S/C6H5N3/c7-5-3-1-2-4-6(5)9-8/h1-4,7H. The predicted molar refractivity (Wildman–Crippen MR) is 34.6 cm³/mol. The first-order valence-corrected chi connectivity index (χ1v) is 2.50. The minimum atomic E-state index is 0.236. The minimum absolute atomic E-state index is 0.236. The van der Waals surface area contributed by atoms with Crippen molar-refractivity contribution in [2.45, 2.75) is 0 Å². The molecule has 0 aromatic carbocycles. The van der Waals surface area contributed by atoms with Crippen molar-refractivity contribution in [3.8, 4) is 0 Å². The Kier molecular flexibility index (Phi) is 1.38. The van der Waals surface area contributed by atoms with Crippen LogP contribution in [0.15, 0.2) is 24.3 Å². The Morgan fingerprint density at radius 1 is 1.33 bits per heavy atom. The summed E-state index contributed by atoms with van der Waals surface area (Å²) in [6, 6.07) is 0. The Labute approximate surface area is 52.4 Å². The summed E-state index contributed by atoms with van der Waals surface area (Å²) < 4.78 is 0. The van der Waals surface area contributed by atoms with E-state index in [0.29, 0.717) is 5.71 Å². The van der Waals surface area contributed by atoms with Crippen molar-refractivity contribution in [2.75, 3.05) is 0 Å². The van der Waals surface area contributed by atoms with Gasteiger partial charge in [-0.1, -0.05) is 12.2 Å². The van der Waals surface area contributed by atoms with Gasteiger partial charge >= 0.3 is 5.71 Å². The lowest BCUT2D eigenvalue weighted by Gasteiger charge is -1.88. The van der Waals surface area contributed by atoms with Gasteiger partial charge in [0.2, 0.25) is 0 Å². The summed E-state index contributed by atoms with van der Waals surface area (Å²) in [6.45, 7) is 0. The molecule has 0 amide bonds. The molecule has 0 spiro atoms. The highest BCUT2D eigenvalue weighted by Crippen LogP contribution is 1.91. The van der Waals surface area contributed by atoms with Crippen LogP contribution >= 0.6 is 0 Å². The van der Waals surface area contributed by atoms with Crippen molar-refractivity contribution >= 4 is 11.4 Å². The molecule has 3 nitrogen and oxygen atoms in total. The summed E-state index contributed by atoms with van der Waals surface area (Å²) in [5, 5.41) is 7.12. The maximum absolute atomic E-state index is 8.22. The van der Waals surface area contributed by atoms with Crippen LogP contribution in [-0.4, -0.2) is 16.2 Å². The van der Waals surface area contributed by atoms with Crippen molar-refractivity contribution in [3.63, 3.8) is 0 Å². The van der Waals surface area contributed by atoms with Gasteiger partial charge < -0.3 is 5.53 Å². The van der Waals surface area contributed by atoms with Crippen LogP contribution in [0.2, 0.25) is 0 Å². The first-order valence-electron chi connectivity index (χ1n) is 2.50. The second-order valence-electron chi connectivity index (χ2n) is 1.62. The number of hydrogen-bond donors (Lipinski definition) is 1. The molecular weight excluding hydrogens is 114 g/mol. The fraction of sp³-hybridized carbons (Fsp3) is 0. The predicted octanol–water partition coefficient (Wildman–Crippen LogP) is 0.803. The first-order chi connectivity index (χ1) is 4.34. The van der Waals surface area contributed by atoms with Crippen molar-refractivity contribution in [1.82, 2.24) is 0 Å². The smallest absolute Gasteiger partial charge is 0.339 e. The van der Waals surface area contributed by atoms with Gasteiger partial charge in [-0.05, 0) is 6.08 Å². The minimum Gasteiger partial charge on any atom is -0.361 e. The maximum Gasteiger partial charge on any atom is 0.339 e. The molecule has 1 rings (SSSR count). The molecule has 9 heavy (non-hydrogen) atoms. The summed E-state index contributed by atoms with van der Waals surface area (Å²) in [5.74, 6) is 0. The molecule has 0 bridgehead atoms. The summed E-state index contributed by atoms with van der Waals surface area (Å²) in [7, 11) is 0. The lowest BCUT2D eigenvalue weighted by Crippen LogP contribution is -2.09. The topological polar surface area (TPSA) is 60.3 Å². The second kappa shape index (κ2) is 2.20. The third-order valence-electron chi connectivity index (χ3n) is 1.01. The lowest BCUT2D eigenvalue weighted by molar-refractivity contribution is 0.000123. The third kappa shape index (κ3) is 1.01. The van der Waals surface area contributed by atoms with Crippen LogP contribution < -0.4 is 0 Å². The van der Waals surface area contributed by atoms with Gasteiger partial charge in [0, 0.05) is 6.08 Å². The van der Waals surface area contributed by atoms with Crippen LogP contribution in [0.1, 0.15) is 0 Å². The van der Waals surface area contributed by atoms with Crippen LogP contribution in [0.4, 0.5) is 0 Å². The Hall–Kier alpha value is -1.47. The summed E-state index contributed by atoms with van der Waals surface area (Å²) in [5.41, 5.74) is 8.76. The number of nitrogens with zero attached hydrogens (tertiary/aromatic N) is 2.